The highest BCUT2D eigenvalue weighted by Crippen LogP contribution is 2.29. The summed E-state index contributed by atoms with van der Waals surface area (Å²) in [5.74, 6) is -0.392. The molecule has 3 N–H and O–H groups in total. The van der Waals surface area contributed by atoms with Crippen molar-refractivity contribution in [3.63, 3.8) is 0 Å². The maximum Gasteiger partial charge on any atom is 0.252 e. The Morgan fingerprint density at radius 1 is 1.38 bits per heavy atom. The lowest BCUT2D eigenvalue weighted by atomic mass is 9.97. The summed E-state index contributed by atoms with van der Waals surface area (Å²) < 4.78 is 1.86. The van der Waals surface area contributed by atoms with Crippen LogP contribution in [0.25, 0.3) is 21.6 Å². The second kappa shape index (κ2) is 9.79. The number of carbonyl (C=O) groups excluding carboxylic acids is 2. The van der Waals surface area contributed by atoms with Crippen molar-refractivity contribution in [2.24, 2.45) is 11.7 Å². The largest absolute Gasteiger partial charge is 0.369 e. The first-order valence-corrected chi connectivity index (χ1v) is 12.0. The van der Waals surface area contributed by atoms with Gasteiger partial charge in [0.2, 0.25) is 5.91 Å². The molecular weight excluding hydrogens is 424 g/mol. The van der Waals surface area contributed by atoms with Crippen molar-refractivity contribution in [2.75, 3.05) is 26.2 Å². The monoisotopic (exact) mass is 454 g/mol. The van der Waals surface area contributed by atoms with Gasteiger partial charge in [-0.25, -0.2) is 9.67 Å². The molecule has 1 fully saturated rings. The molecule has 3 aromatic rings. The lowest BCUT2D eigenvalue weighted by Crippen LogP contribution is -2.42. The van der Waals surface area contributed by atoms with E-state index in [4.69, 9.17) is 10.7 Å². The van der Waals surface area contributed by atoms with Crippen LogP contribution in [0.3, 0.4) is 0 Å². The Bertz CT molecular complexity index is 1090. The smallest absolute Gasteiger partial charge is 0.252 e. The number of nitrogens with one attached hydrogen (secondary N) is 1. The van der Waals surface area contributed by atoms with Gasteiger partial charge in [0.15, 0.2) is 5.65 Å². The zero-order chi connectivity index (χ0) is 22.7. The Balaban J connectivity index is 1.45. The van der Waals surface area contributed by atoms with E-state index in [1.54, 1.807) is 17.5 Å². The van der Waals surface area contributed by atoms with Gasteiger partial charge in [0.05, 0.1) is 33.6 Å². The zero-order valence-corrected chi connectivity index (χ0v) is 19.4. The SMILES string of the molecule is CC(C)n1ncc2c(C(=O)NCCCN3CCCC(C(N)=O)C3)cc(-c3cccs3)nc21. The third-order valence-electron chi connectivity index (χ3n) is 5.92. The van der Waals surface area contributed by atoms with Crippen LogP contribution in [0.1, 0.15) is 49.5 Å². The van der Waals surface area contributed by atoms with Gasteiger partial charge in [0.25, 0.3) is 5.91 Å². The second-order valence-corrected chi connectivity index (χ2v) is 9.55. The maximum atomic E-state index is 13.1. The number of fused-ring (bicyclic) bond motifs is 1. The van der Waals surface area contributed by atoms with Crippen LogP contribution in [-0.4, -0.2) is 57.7 Å². The summed E-state index contributed by atoms with van der Waals surface area (Å²) in [5, 5.41) is 10.3. The minimum atomic E-state index is -0.215. The molecule has 1 aliphatic heterocycles. The first-order chi connectivity index (χ1) is 15.4. The van der Waals surface area contributed by atoms with E-state index in [9.17, 15) is 9.59 Å². The summed E-state index contributed by atoms with van der Waals surface area (Å²) in [4.78, 5) is 32.7. The molecule has 170 valence electrons. The normalized spacial score (nSPS) is 17.2. The molecule has 0 aliphatic carbocycles. The number of carbonyl (C=O) groups is 2. The van der Waals surface area contributed by atoms with Gasteiger partial charge >= 0.3 is 0 Å². The molecule has 2 amide bonds. The Labute approximate surface area is 191 Å². The molecule has 32 heavy (non-hydrogen) atoms. The van der Waals surface area contributed by atoms with Crippen LogP contribution in [-0.2, 0) is 4.79 Å². The average molecular weight is 455 g/mol. The summed E-state index contributed by atoms with van der Waals surface area (Å²) >= 11 is 1.60. The van der Waals surface area contributed by atoms with Crippen molar-refractivity contribution in [2.45, 2.75) is 39.2 Å². The number of rotatable bonds is 8. The van der Waals surface area contributed by atoms with E-state index < -0.39 is 0 Å². The minimum Gasteiger partial charge on any atom is -0.369 e. The molecule has 1 saturated heterocycles. The van der Waals surface area contributed by atoms with Gasteiger partial charge in [-0.1, -0.05) is 6.07 Å². The van der Waals surface area contributed by atoms with E-state index in [2.05, 4.69) is 29.2 Å². The molecule has 9 heteroatoms. The van der Waals surface area contributed by atoms with Crippen molar-refractivity contribution in [1.82, 2.24) is 25.0 Å². The molecule has 1 unspecified atom stereocenters. The highest BCUT2D eigenvalue weighted by atomic mass is 32.1. The molecule has 4 rings (SSSR count). The number of pyridine rings is 1. The summed E-state index contributed by atoms with van der Waals surface area (Å²) in [5.41, 5.74) is 7.57. The van der Waals surface area contributed by atoms with Crippen molar-refractivity contribution in [3.8, 4) is 10.6 Å². The first-order valence-electron chi connectivity index (χ1n) is 11.2. The number of hydrogen-bond acceptors (Lipinski definition) is 6. The van der Waals surface area contributed by atoms with Crippen LogP contribution < -0.4 is 11.1 Å². The van der Waals surface area contributed by atoms with Gasteiger partial charge in [-0.05, 0) is 63.7 Å². The quantitative estimate of drug-likeness (QED) is 0.509. The van der Waals surface area contributed by atoms with Gasteiger partial charge < -0.3 is 16.0 Å². The van der Waals surface area contributed by atoms with Gasteiger partial charge in [0.1, 0.15) is 0 Å². The standard InChI is InChI=1S/C23H30N6O2S/c1-15(2)29-22-18(13-26-29)17(12-19(27-22)20-7-4-11-32-20)23(31)25-8-5-10-28-9-3-6-16(14-28)21(24)30/h4,7,11-13,15-16H,3,5-6,8-10,14H2,1-2H3,(H2,24,30)(H,25,31). The van der Waals surface area contributed by atoms with Crippen molar-refractivity contribution in [1.29, 1.82) is 0 Å². The number of piperidine rings is 1. The fourth-order valence-electron chi connectivity index (χ4n) is 4.23. The topological polar surface area (TPSA) is 106 Å². The lowest BCUT2D eigenvalue weighted by molar-refractivity contribution is -0.123. The van der Waals surface area contributed by atoms with E-state index in [1.807, 2.05) is 28.3 Å². The number of thiophene rings is 1. The van der Waals surface area contributed by atoms with Gasteiger partial charge in [-0.2, -0.15) is 5.10 Å². The number of primary amides is 1. The molecule has 0 aromatic carbocycles. The zero-order valence-electron chi connectivity index (χ0n) is 18.6. The number of amides is 2. The molecular formula is C23H30N6O2S. The number of hydrogen-bond donors (Lipinski definition) is 2. The molecule has 0 saturated carbocycles. The fourth-order valence-corrected chi connectivity index (χ4v) is 4.91. The number of aromatic nitrogens is 3. The summed E-state index contributed by atoms with van der Waals surface area (Å²) in [6, 6.07) is 5.99. The second-order valence-electron chi connectivity index (χ2n) is 8.60. The highest BCUT2D eigenvalue weighted by molar-refractivity contribution is 7.13. The van der Waals surface area contributed by atoms with Crippen LogP contribution in [0.2, 0.25) is 0 Å². The third kappa shape index (κ3) is 4.83. The van der Waals surface area contributed by atoms with E-state index in [1.165, 1.54) is 0 Å². The third-order valence-corrected chi connectivity index (χ3v) is 6.81. The first kappa shape index (κ1) is 22.4. The van der Waals surface area contributed by atoms with Crippen molar-refractivity contribution < 1.29 is 9.59 Å². The Morgan fingerprint density at radius 2 is 2.22 bits per heavy atom. The highest BCUT2D eigenvalue weighted by Gasteiger charge is 2.23. The van der Waals surface area contributed by atoms with Crippen LogP contribution in [0, 0.1) is 5.92 Å². The van der Waals surface area contributed by atoms with E-state index in [0.717, 1.165) is 54.0 Å². The fraction of sp³-hybridized carbons (Fsp3) is 0.478. The van der Waals surface area contributed by atoms with E-state index >= 15 is 0 Å². The summed E-state index contributed by atoms with van der Waals surface area (Å²) in [6.45, 7) is 7.19. The molecule has 1 aliphatic rings. The Kier molecular flexibility index (Phi) is 6.86. The van der Waals surface area contributed by atoms with Gasteiger partial charge in [-0.15, -0.1) is 11.3 Å². The Morgan fingerprint density at radius 3 is 2.94 bits per heavy atom. The lowest BCUT2D eigenvalue weighted by Gasteiger charge is -2.31. The Hall–Kier alpha value is -2.78. The molecule has 3 aromatic heterocycles. The molecule has 0 radical (unpaired) electrons. The number of nitrogens with zero attached hydrogens (tertiary/aromatic N) is 4. The van der Waals surface area contributed by atoms with Crippen LogP contribution in [0.15, 0.2) is 29.8 Å². The molecule has 8 nitrogen and oxygen atoms in total. The number of nitrogens with two attached hydrogens (primary N) is 1. The van der Waals surface area contributed by atoms with Crippen LogP contribution in [0.4, 0.5) is 0 Å². The van der Waals surface area contributed by atoms with Crippen LogP contribution in [0.5, 0.6) is 0 Å². The van der Waals surface area contributed by atoms with E-state index in [0.29, 0.717) is 18.7 Å². The van der Waals surface area contributed by atoms with Gasteiger partial charge in [-0.3, -0.25) is 9.59 Å². The molecule has 4 heterocycles. The number of likely N-dealkylation sites (tertiary alicyclic amines) is 1. The van der Waals surface area contributed by atoms with Crippen molar-refractivity contribution >= 4 is 34.2 Å². The molecule has 0 spiro atoms. The average Bonchev–Trinajstić information content (AvgIpc) is 3.46. The summed E-state index contributed by atoms with van der Waals surface area (Å²) in [6.07, 6.45) is 4.40. The van der Waals surface area contributed by atoms with E-state index in [-0.39, 0.29) is 23.8 Å². The summed E-state index contributed by atoms with van der Waals surface area (Å²) in [7, 11) is 0. The predicted octanol–water partition coefficient (Wildman–Crippen LogP) is 3.06. The predicted molar refractivity (Wildman–Crippen MR) is 127 cm³/mol. The van der Waals surface area contributed by atoms with Crippen LogP contribution >= 0.6 is 11.3 Å². The molecule has 0 bridgehead atoms. The van der Waals surface area contributed by atoms with Gasteiger partial charge in [0, 0.05) is 19.1 Å². The minimum absolute atomic E-state index is 0.0587. The maximum absolute atomic E-state index is 13.1. The molecule has 1 atom stereocenters. The van der Waals surface area contributed by atoms with Crippen molar-refractivity contribution in [3.05, 3.63) is 35.3 Å².